The van der Waals surface area contributed by atoms with Crippen molar-refractivity contribution in [1.29, 1.82) is 0 Å². The molecule has 1 aromatic rings. The molecule has 0 aromatic heterocycles. The van der Waals surface area contributed by atoms with Gasteiger partial charge in [0.05, 0.1) is 5.56 Å². The van der Waals surface area contributed by atoms with Crippen molar-refractivity contribution in [3.63, 3.8) is 0 Å². The summed E-state index contributed by atoms with van der Waals surface area (Å²) in [6.45, 7) is 1.70. The first-order valence-corrected chi connectivity index (χ1v) is 7.94. The molecule has 1 saturated heterocycles. The van der Waals surface area contributed by atoms with E-state index in [0.717, 1.165) is 32.2 Å². The van der Waals surface area contributed by atoms with Gasteiger partial charge in [-0.15, -0.1) is 0 Å². The lowest BCUT2D eigenvalue weighted by atomic mass is 10.1. The highest BCUT2D eigenvalue weighted by Gasteiger charge is 2.36. The summed E-state index contributed by atoms with van der Waals surface area (Å²) >= 11 is 3.30. The van der Waals surface area contributed by atoms with Gasteiger partial charge in [-0.05, 0) is 60.3 Å². The Bertz CT molecular complexity index is 492. The Labute approximate surface area is 126 Å². The molecule has 1 N–H and O–H groups in total. The predicted molar refractivity (Wildman–Crippen MR) is 79.2 cm³/mol. The minimum Gasteiger partial charge on any atom is -0.334 e. The van der Waals surface area contributed by atoms with E-state index in [0.29, 0.717) is 17.1 Å². The maximum absolute atomic E-state index is 14.0. The minimum atomic E-state index is -0.450. The Balaban J connectivity index is 1.81. The zero-order valence-electron chi connectivity index (χ0n) is 11.2. The number of benzene rings is 1. The quantitative estimate of drug-likeness (QED) is 0.913. The van der Waals surface area contributed by atoms with E-state index < -0.39 is 5.82 Å². The summed E-state index contributed by atoms with van der Waals surface area (Å²) in [5, 5.41) is 3.41. The average molecular weight is 341 g/mol. The Morgan fingerprint density at radius 1 is 1.40 bits per heavy atom. The number of rotatable bonds is 4. The first-order chi connectivity index (χ1) is 9.66. The standard InChI is InChI=1S/C15H18BrFN2O/c16-12-4-1-5-13(17)14(12)15(20)19(11-6-7-11)9-10-3-2-8-18-10/h1,4-5,10-11,18H,2-3,6-9H2. The molecule has 1 saturated carbocycles. The molecular formula is C15H18BrFN2O. The number of nitrogens with one attached hydrogen (secondary N) is 1. The molecule has 0 radical (unpaired) electrons. The van der Waals surface area contributed by atoms with Gasteiger partial charge in [0, 0.05) is 23.1 Å². The fraction of sp³-hybridized carbons (Fsp3) is 0.533. The van der Waals surface area contributed by atoms with Crippen LogP contribution < -0.4 is 5.32 Å². The molecule has 3 rings (SSSR count). The van der Waals surface area contributed by atoms with Crippen molar-refractivity contribution >= 4 is 21.8 Å². The summed E-state index contributed by atoms with van der Waals surface area (Å²) in [6.07, 6.45) is 4.31. The highest BCUT2D eigenvalue weighted by molar-refractivity contribution is 9.10. The van der Waals surface area contributed by atoms with Gasteiger partial charge in [-0.1, -0.05) is 6.07 Å². The number of halogens is 2. The Morgan fingerprint density at radius 3 is 2.80 bits per heavy atom. The van der Waals surface area contributed by atoms with Crippen LogP contribution >= 0.6 is 15.9 Å². The van der Waals surface area contributed by atoms with E-state index in [1.54, 1.807) is 12.1 Å². The second-order valence-electron chi connectivity index (χ2n) is 5.58. The highest BCUT2D eigenvalue weighted by atomic mass is 79.9. The Kier molecular flexibility index (Phi) is 4.08. The van der Waals surface area contributed by atoms with Crippen molar-refractivity contribution in [3.05, 3.63) is 34.1 Å². The number of carbonyl (C=O) groups is 1. The van der Waals surface area contributed by atoms with Gasteiger partial charge in [0.25, 0.3) is 5.91 Å². The maximum atomic E-state index is 14.0. The molecule has 0 spiro atoms. The van der Waals surface area contributed by atoms with E-state index in [2.05, 4.69) is 21.2 Å². The van der Waals surface area contributed by atoms with Crippen LogP contribution in [0.3, 0.4) is 0 Å². The molecular weight excluding hydrogens is 323 g/mol. The average Bonchev–Trinajstić information content (AvgIpc) is 3.12. The number of hydrogen-bond donors (Lipinski definition) is 1. The van der Waals surface area contributed by atoms with Crippen LogP contribution in [0.5, 0.6) is 0 Å². The van der Waals surface area contributed by atoms with Crippen LogP contribution in [0.15, 0.2) is 22.7 Å². The molecule has 0 bridgehead atoms. The SMILES string of the molecule is O=C(c1c(F)cccc1Br)N(CC1CCCN1)C1CC1. The highest BCUT2D eigenvalue weighted by Crippen LogP contribution is 2.31. The summed E-state index contributed by atoms with van der Waals surface area (Å²) < 4.78 is 14.5. The summed E-state index contributed by atoms with van der Waals surface area (Å²) in [4.78, 5) is 14.5. The molecule has 5 heteroatoms. The Hall–Kier alpha value is -0.940. The van der Waals surface area contributed by atoms with Crippen molar-refractivity contribution < 1.29 is 9.18 Å². The van der Waals surface area contributed by atoms with Gasteiger partial charge in [-0.2, -0.15) is 0 Å². The second-order valence-corrected chi connectivity index (χ2v) is 6.43. The smallest absolute Gasteiger partial charge is 0.258 e. The van der Waals surface area contributed by atoms with Crippen molar-refractivity contribution in [2.24, 2.45) is 0 Å². The normalized spacial score (nSPS) is 22.0. The summed E-state index contributed by atoms with van der Waals surface area (Å²) in [6, 6.07) is 5.31. The second kappa shape index (κ2) is 5.82. The largest absolute Gasteiger partial charge is 0.334 e. The molecule has 1 amide bonds. The van der Waals surface area contributed by atoms with Crippen LogP contribution in [0.1, 0.15) is 36.0 Å². The molecule has 1 atom stereocenters. The van der Waals surface area contributed by atoms with Gasteiger partial charge in [-0.3, -0.25) is 4.79 Å². The zero-order valence-corrected chi connectivity index (χ0v) is 12.8. The van der Waals surface area contributed by atoms with Crippen LogP contribution in [-0.2, 0) is 0 Å². The lowest BCUT2D eigenvalue weighted by molar-refractivity contribution is 0.0723. The molecule has 1 heterocycles. The van der Waals surface area contributed by atoms with Gasteiger partial charge < -0.3 is 10.2 Å². The van der Waals surface area contributed by atoms with Crippen molar-refractivity contribution in [3.8, 4) is 0 Å². The van der Waals surface area contributed by atoms with E-state index >= 15 is 0 Å². The van der Waals surface area contributed by atoms with Crippen LogP contribution in [0, 0.1) is 5.82 Å². The molecule has 2 fully saturated rings. The molecule has 1 unspecified atom stereocenters. The van der Waals surface area contributed by atoms with Crippen molar-refractivity contribution in [1.82, 2.24) is 10.2 Å². The lowest BCUT2D eigenvalue weighted by Crippen LogP contribution is -2.42. The van der Waals surface area contributed by atoms with E-state index in [4.69, 9.17) is 0 Å². The molecule has 20 heavy (non-hydrogen) atoms. The summed E-state index contributed by atoms with van der Waals surface area (Å²) in [5.41, 5.74) is 0.164. The predicted octanol–water partition coefficient (Wildman–Crippen LogP) is 2.94. The first-order valence-electron chi connectivity index (χ1n) is 7.15. The number of hydrogen-bond acceptors (Lipinski definition) is 2. The van der Waals surface area contributed by atoms with E-state index in [9.17, 15) is 9.18 Å². The third-order valence-electron chi connectivity index (χ3n) is 4.00. The fourth-order valence-corrected chi connectivity index (χ4v) is 3.29. The topological polar surface area (TPSA) is 32.3 Å². The maximum Gasteiger partial charge on any atom is 0.258 e. The van der Waals surface area contributed by atoms with E-state index in [1.165, 1.54) is 6.07 Å². The zero-order chi connectivity index (χ0) is 14.1. The van der Waals surface area contributed by atoms with Crippen molar-refractivity contribution in [2.45, 2.75) is 37.8 Å². The third-order valence-corrected chi connectivity index (χ3v) is 4.67. The van der Waals surface area contributed by atoms with Crippen LogP contribution in [0.2, 0.25) is 0 Å². The molecule has 1 aliphatic heterocycles. The summed E-state index contributed by atoms with van der Waals surface area (Å²) in [5.74, 6) is -0.638. The number of nitrogens with zero attached hydrogens (tertiary/aromatic N) is 1. The fourth-order valence-electron chi connectivity index (χ4n) is 2.78. The first kappa shape index (κ1) is 14.0. The summed E-state index contributed by atoms with van der Waals surface area (Å²) in [7, 11) is 0. The number of amides is 1. The van der Waals surface area contributed by atoms with Gasteiger partial charge in [0.2, 0.25) is 0 Å². The molecule has 3 nitrogen and oxygen atoms in total. The van der Waals surface area contributed by atoms with E-state index in [-0.39, 0.29) is 17.5 Å². The van der Waals surface area contributed by atoms with Gasteiger partial charge in [-0.25, -0.2) is 4.39 Å². The minimum absolute atomic E-state index is 0.164. The Morgan fingerprint density at radius 2 is 2.20 bits per heavy atom. The molecule has 108 valence electrons. The van der Waals surface area contributed by atoms with Crippen LogP contribution in [0.25, 0.3) is 0 Å². The van der Waals surface area contributed by atoms with Gasteiger partial charge in [0.15, 0.2) is 0 Å². The van der Waals surface area contributed by atoms with Gasteiger partial charge >= 0.3 is 0 Å². The lowest BCUT2D eigenvalue weighted by Gasteiger charge is -2.26. The van der Waals surface area contributed by atoms with Crippen LogP contribution in [0.4, 0.5) is 4.39 Å². The molecule has 2 aliphatic rings. The van der Waals surface area contributed by atoms with E-state index in [1.807, 2.05) is 4.90 Å². The van der Waals surface area contributed by atoms with Crippen molar-refractivity contribution in [2.75, 3.05) is 13.1 Å². The number of carbonyl (C=O) groups excluding carboxylic acids is 1. The van der Waals surface area contributed by atoms with Crippen LogP contribution in [-0.4, -0.2) is 36.0 Å². The molecule has 1 aromatic carbocycles. The monoisotopic (exact) mass is 340 g/mol. The van der Waals surface area contributed by atoms with Gasteiger partial charge in [0.1, 0.15) is 5.82 Å². The third kappa shape index (κ3) is 2.88. The molecule has 1 aliphatic carbocycles.